The van der Waals surface area contributed by atoms with Crippen molar-refractivity contribution in [1.29, 1.82) is 0 Å². The standard InChI is InChI=1S/C11H15NO.C8H8O2/c13-11-3-1-9(2-4-11)10-5-7-12-8-6-10;9-7-10-6-8-4-2-1-3-5-8/h1-4,10,12-13H,5-8H2;1-5,7H,6H2. The summed E-state index contributed by atoms with van der Waals surface area (Å²) < 4.78 is 4.54. The molecule has 0 radical (unpaired) electrons. The van der Waals surface area contributed by atoms with Gasteiger partial charge in [-0.05, 0) is 55.1 Å². The van der Waals surface area contributed by atoms with E-state index < -0.39 is 0 Å². The van der Waals surface area contributed by atoms with Crippen LogP contribution in [0.3, 0.4) is 0 Å². The van der Waals surface area contributed by atoms with Gasteiger partial charge in [0.2, 0.25) is 0 Å². The second-order valence-corrected chi connectivity index (χ2v) is 5.51. The highest BCUT2D eigenvalue weighted by molar-refractivity contribution is 5.37. The molecule has 3 rings (SSSR count). The Labute approximate surface area is 137 Å². The van der Waals surface area contributed by atoms with Crippen LogP contribution in [0.15, 0.2) is 54.6 Å². The Balaban J connectivity index is 0.000000174. The first kappa shape index (κ1) is 17.0. The van der Waals surface area contributed by atoms with Crippen molar-refractivity contribution in [1.82, 2.24) is 5.32 Å². The third-order valence-corrected chi connectivity index (χ3v) is 3.86. The predicted octanol–water partition coefficient (Wildman–Crippen LogP) is 3.22. The molecule has 2 N–H and O–H groups in total. The molecule has 0 unspecified atom stereocenters. The summed E-state index contributed by atoms with van der Waals surface area (Å²) in [6.45, 7) is 3.05. The Morgan fingerprint density at radius 3 is 2.30 bits per heavy atom. The number of piperidine rings is 1. The highest BCUT2D eigenvalue weighted by Crippen LogP contribution is 2.26. The number of phenolic OH excluding ortho intramolecular Hbond substituents is 1. The van der Waals surface area contributed by atoms with Crippen molar-refractivity contribution < 1.29 is 14.6 Å². The maximum Gasteiger partial charge on any atom is 0.293 e. The summed E-state index contributed by atoms with van der Waals surface area (Å²) >= 11 is 0. The first-order chi connectivity index (χ1) is 11.3. The van der Waals surface area contributed by atoms with Gasteiger partial charge in [-0.25, -0.2) is 0 Å². The van der Waals surface area contributed by atoms with Crippen LogP contribution in [0.25, 0.3) is 0 Å². The van der Waals surface area contributed by atoms with E-state index in [1.807, 2.05) is 42.5 Å². The van der Waals surface area contributed by atoms with E-state index in [9.17, 15) is 4.79 Å². The molecule has 0 saturated carbocycles. The first-order valence-electron chi connectivity index (χ1n) is 7.88. The molecule has 2 aromatic rings. The van der Waals surface area contributed by atoms with Crippen LogP contribution >= 0.6 is 0 Å². The van der Waals surface area contributed by atoms with Crippen molar-refractivity contribution in [2.24, 2.45) is 0 Å². The van der Waals surface area contributed by atoms with E-state index in [-0.39, 0.29) is 0 Å². The van der Waals surface area contributed by atoms with E-state index in [0.29, 0.717) is 24.7 Å². The van der Waals surface area contributed by atoms with Gasteiger partial charge in [0.25, 0.3) is 6.47 Å². The van der Waals surface area contributed by atoms with Crippen LogP contribution in [0.1, 0.15) is 29.9 Å². The van der Waals surface area contributed by atoms with Crippen LogP contribution in [0.4, 0.5) is 0 Å². The van der Waals surface area contributed by atoms with E-state index in [1.165, 1.54) is 18.4 Å². The molecule has 122 valence electrons. The average Bonchev–Trinajstić information content (AvgIpc) is 2.63. The lowest BCUT2D eigenvalue weighted by molar-refractivity contribution is -0.129. The van der Waals surface area contributed by atoms with Crippen molar-refractivity contribution in [2.45, 2.75) is 25.4 Å². The predicted molar refractivity (Wildman–Crippen MR) is 90.2 cm³/mol. The van der Waals surface area contributed by atoms with Crippen molar-refractivity contribution in [3.8, 4) is 5.75 Å². The number of nitrogens with one attached hydrogen (secondary N) is 1. The lowest BCUT2D eigenvalue weighted by atomic mass is 9.90. The zero-order valence-corrected chi connectivity index (χ0v) is 13.2. The summed E-state index contributed by atoms with van der Waals surface area (Å²) in [6, 6.07) is 17.2. The zero-order valence-electron chi connectivity index (χ0n) is 13.2. The maximum atomic E-state index is 9.76. The molecule has 0 aliphatic carbocycles. The molecule has 1 fully saturated rings. The number of hydrogen-bond acceptors (Lipinski definition) is 4. The summed E-state index contributed by atoms with van der Waals surface area (Å²) in [5.74, 6) is 1.04. The molecule has 2 aromatic carbocycles. The van der Waals surface area contributed by atoms with Crippen LogP contribution in [-0.2, 0) is 16.1 Å². The fourth-order valence-electron chi connectivity index (χ4n) is 2.61. The minimum atomic E-state index is 0.359. The molecule has 0 aromatic heterocycles. The van der Waals surface area contributed by atoms with Gasteiger partial charge in [-0.2, -0.15) is 0 Å². The highest BCUT2D eigenvalue weighted by Gasteiger charge is 2.14. The number of carbonyl (C=O) groups excluding carboxylic acids is 1. The maximum absolute atomic E-state index is 9.76. The van der Waals surface area contributed by atoms with Gasteiger partial charge in [-0.15, -0.1) is 0 Å². The summed E-state index contributed by atoms with van der Waals surface area (Å²) in [7, 11) is 0. The SMILES string of the molecule is O=COCc1ccccc1.Oc1ccc(C2CCNCC2)cc1. The van der Waals surface area contributed by atoms with Crippen LogP contribution in [-0.4, -0.2) is 24.7 Å². The van der Waals surface area contributed by atoms with E-state index >= 15 is 0 Å². The van der Waals surface area contributed by atoms with Gasteiger partial charge in [-0.3, -0.25) is 4.79 Å². The number of phenols is 1. The minimum Gasteiger partial charge on any atom is -0.508 e. The zero-order chi connectivity index (χ0) is 16.3. The number of hydrogen-bond donors (Lipinski definition) is 2. The van der Waals surface area contributed by atoms with Gasteiger partial charge >= 0.3 is 0 Å². The fourth-order valence-corrected chi connectivity index (χ4v) is 2.61. The molecule has 4 heteroatoms. The lowest BCUT2D eigenvalue weighted by Crippen LogP contribution is -2.26. The Hall–Kier alpha value is -2.33. The number of benzene rings is 2. The van der Waals surface area contributed by atoms with Crippen molar-refractivity contribution in [3.05, 3.63) is 65.7 Å². The second-order valence-electron chi connectivity index (χ2n) is 5.51. The normalized spacial score (nSPS) is 14.4. The minimum absolute atomic E-state index is 0.359. The Kier molecular flexibility index (Phi) is 7.14. The Morgan fingerprint density at radius 2 is 1.70 bits per heavy atom. The molecule has 0 bridgehead atoms. The van der Waals surface area contributed by atoms with Gasteiger partial charge in [0.1, 0.15) is 12.4 Å². The first-order valence-corrected chi connectivity index (χ1v) is 7.88. The molecule has 1 aliphatic heterocycles. The number of aromatic hydroxyl groups is 1. The second kappa shape index (κ2) is 9.64. The van der Waals surface area contributed by atoms with Crippen LogP contribution in [0.5, 0.6) is 5.75 Å². The van der Waals surface area contributed by atoms with E-state index in [1.54, 1.807) is 12.1 Å². The third-order valence-electron chi connectivity index (χ3n) is 3.86. The topological polar surface area (TPSA) is 58.6 Å². The molecule has 1 heterocycles. The highest BCUT2D eigenvalue weighted by atomic mass is 16.5. The van der Waals surface area contributed by atoms with Gasteiger partial charge in [-0.1, -0.05) is 42.5 Å². The summed E-state index contributed by atoms with van der Waals surface area (Å²) in [5, 5.41) is 12.5. The molecule has 0 spiro atoms. The van der Waals surface area contributed by atoms with Gasteiger partial charge in [0.05, 0.1) is 0 Å². The van der Waals surface area contributed by atoms with Crippen LogP contribution in [0, 0.1) is 0 Å². The van der Waals surface area contributed by atoms with Gasteiger partial charge in [0.15, 0.2) is 0 Å². The Morgan fingerprint density at radius 1 is 1.04 bits per heavy atom. The van der Waals surface area contributed by atoms with Crippen molar-refractivity contribution in [2.75, 3.05) is 13.1 Å². The number of carbonyl (C=O) groups is 1. The van der Waals surface area contributed by atoms with E-state index in [4.69, 9.17) is 5.11 Å². The fraction of sp³-hybridized carbons (Fsp3) is 0.316. The molecular formula is C19H23NO3. The van der Waals surface area contributed by atoms with Crippen molar-refractivity contribution >= 4 is 6.47 Å². The van der Waals surface area contributed by atoms with Crippen molar-refractivity contribution in [3.63, 3.8) is 0 Å². The van der Waals surface area contributed by atoms with Crippen LogP contribution in [0.2, 0.25) is 0 Å². The molecule has 0 atom stereocenters. The van der Waals surface area contributed by atoms with Gasteiger partial charge in [0, 0.05) is 0 Å². The summed E-state index contributed by atoms with van der Waals surface area (Å²) in [4.78, 5) is 9.76. The number of ether oxygens (including phenoxy) is 1. The van der Waals surface area contributed by atoms with E-state index in [0.717, 1.165) is 18.7 Å². The van der Waals surface area contributed by atoms with E-state index in [2.05, 4.69) is 10.1 Å². The van der Waals surface area contributed by atoms with Crippen LogP contribution < -0.4 is 5.32 Å². The largest absolute Gasteiger partial charge is 0.508 e. The third kappa shape index (κ3) is 6.12. The molecule has 1 saturated heterocycles. The monoisotopic (exact) mass is 313 g/mol. The molecule has 1 aliphatic rings. The molecule has 4 nitrogen and oxygen atoms in total. The van der Waals surface area contributed by atoms with Gasteiger partial charge < -0.3 is 15.2 Å². The average molecular weight is 313 g/mol. The summed E-state index contributed by atoms with van der Waals surface area (Å²) in [5.41, 5.74) is 2.37. The Bertz CT molecular complexity index is 563. The quantitative estimate of drug-likeness (QED) is 0.851. The molecular weight excluding hydrogens is 290 g/mol. The molecule has 23 heavy (non-hydrogen) atoms. The number of rotatable bonds is 4. The smallest absolute Gasteiger partial charge is 0.293 e. The summed E-state index contributed by atoms with van der Waals surface area (Å²) in [6.07, 6.45) is 2.43. The molecule has 0 amide bonds. The lowest BCUT2D eigenvalue weighted by Gasteiger charge is -2.22.